The van der Waals surface area contributed by atoms with Crippen LogP contribution in [-0.4, -0.2) is 42.7 Å². The second-order valence-corrected chi connectivity index (χ2v) is 2.97. The van der Waals surface area contributed by atoms with Crippen LogP contribution in [0.3, 0.4) is 0 Å². The maximum Gasteiger partial charge on any atom is 0.0869 e. The Kier molecular flexibility index (Phi) is 7.39. The van der Waals surface area contributed by atoms with Gasteiger partial charge < -0.3 is 14.9 Å². The van der Waals surface area contributed by atoms with Crippen LogP contribution in [0.2, 0.25) is 0 Å². The molecule has 12 heavy (non-hydrogen) atoms. The number of hydrogen-bond donors (Lipinski definition) is 2. The lowest BCUT2D eigenvalue weighted by Crippen LogP contribution is -2.17. The van der Waals surface area contributed by atoms with Crippen molar-refractivity contribution in [3.63, 3.8) is 0 Å². The molecule has 73 valence electrons. The highest BCUT2D eigenvalue weighted by Gasteiger charge is 2.03. The fourth-order valence-corrected chi connectivity index (χ4v) is 0.643. The maximum atomic E-state index is 10.2. The summed E-state index contributed by atoms with van der Waals surface area (Å²) in [7, 11) is 0. The van der Waals surface area contributed by atoms with Gasteiger partial charge in [0, 0.05) is 12.5 Å². The first-order valence-corrected chi connectivity index (χ1v) is 4.15. The third kappa shape index (κ3) is 6.54. The third-order valence-electron chi connectivity index (χ3n) is 1.49. The molecule has 0 rings (SSSR count). The molecule has 0 aliphatic rings. The van der Waals surface area contributed by atoms with Crippen molar-refractivity contribution in [1.29, 1.82) is 0 Å². The summed E-state index contributed by atoms with van der Waals surface area (Å²) >= 11 is 0. The minimum absolute atomic E-state index is 0.0243. The maximum absolute atomic E-state index is 10.2. The van der Waals surface area contributed by atoms with Gasteiger partial charge in [-0.3, -0.25) is 0 Å². The smallest absolute Gasteiger partial charge is 0.0869 e. The van der Waals surface area contributed by atoms with Crippen molar-refractivity contribution in [3.8, 4) is 0 Å². The van der Waals surface area contributed by atoms with Gasteiger partial charge in [0.1, 0.15) is 0 Å². The van der Waals surface area contributed by atoms with Gasteiger partial charge in [-0.05, 0) is 6.42 Å². The minimum Gasteiger partial charge on any atom is -0.394 e. The topological polar surface area (TPSA) is 69.6 Å². The molecule has 4 heteroatoms. The summed E-state index contributed by atoms with van der Waals surface area (Å²) < 4.78 is 5.09. The molecule has 2 unspecified atom stereocenters. The summed E-state index contributed by atoms with van der Waals surface area (Å²) in [6.45, 7) is 2.27. The number of ether oxygens (including phenoxy) is 1. The van der Waals surface area contributed by atoms with Crippen molar-refractivity contribution in [2.45, 2.75) is 19.4 Å². The zero-order chi connectivity index (χ0) is 9.40. The number of rotatable bonds is 7. The van der Waals surface area contributed by atoms with E-state index in [1.54, 1.807) is 0 Å². The van der Waals surface area contributed by atoms with Gasteiger partial charge in [0.2, 0.25) is 0 Å². The highest BCUT2D eigenvalue weighted by atomic mass is 16.5. The van der Waals surface area contributed by atoms with E-state index in [0.717, 1.165) is 0 Å². The van der Waals surface area contributed by atoms with E-state index in [1.807, 2.05) is 6.92 Å². The molecular weight excluding hydrogens is 160 g/mol. The van der Waals surface area contributed by atoms with Crippen molar-refractivity contribution in [2.75, 3.05) is 26.4 Å². The van der Waals surface area contributed by atoms with Gasteiger partial charge in [0.25, 0.3) is 0 Å². The van der Waals surface area contributed by atoms with Gasteiger partial charge in [-0.25, -0.2) is 5.11 Å². The molecule has 0 aromatic rings. The summed E-state index contributed by atoms with van der Waals surface area (Å²) in [6.07, 6.45) is -0.283. The van der Waals surface area contributed by atoms with Crippen molar-refractivity contribution in [1.82, 2.24) is 0 Å². The average Bonchev–Trinajstić information content (AvgIpc) is 2.11. The lowest BCUT2D eigenvalue weighted by Gasteiger charge is -2.09. The second-order valence-electron chi connectivity index (χ2n) is 2.97. The Labute approximate surface area is 72.8 Å². The normalized spacial score (nSPS) is 16.0. The lowest BCUT2D eigenvalue weighted by atomic mass is 10.2. The summed E-state index contributed by atoms with van der Waals surface area (Å²) in [5.41, 5.74) is 0. The van der Waals surface area contributed by atoms with Crippen molar-refractivity contribution < 1.29 is 20.1 Å². The summed E-state index contributed by atoms with van der Waals surface area (Å²) in [5, 5.41) is 27.6. The van der Waals surface area contributed by atoms with Gasteiger partial charge >= 0.3 is 0 Å². The van der Waals surface area contributed by atoms with Gasteiger partial charge in [-0.15, -0.1) is 0 Å². The Bertz CT molecular complexity index is 85.1. The molecule has 0 spiro atoms. The van der Waals surface area contributed by atoms with Crippen LogP contribution in [0.25, 0.3) is 0 Å². The van der Waals surface area contributed by atoms with E-state index in [4.69, 9.17) is 14.9 Å². The molecule has 1 radical (unpaired) electrons. The fraction of sp³-hybridized carbons (Fsp3) is 1.00. The Hall–Kier alpha value is -0.160. The Morgan fingerprint density at radius 2 is 2.17 bits per heavy atom. The molecule has 0 bridgehead atoms. The first-order valence-electron chi connectivity index (χ1n) is 4.15. The molecule has 0 aliphatic heterocycles. The first kappa shape index (κ1) is 11.8. The van der Waals surface area contributed by atoms with Crippen LogP contribution in [0, 0.1) is 5.92 Å². The van der Waals surface area contributed by atoms with E-state index in [1.165, 1.54) is 0 Å². The van der Waals surface area contributed by atoms with Crippen LogP contribution >= 0.6 is 0 Å². The zero-order valence-electron chi connectivity index (χ0n) is 7.40. The van der Waals surface area contributed by atoms with Crippen LogP contribution in [0.1, 0.15) is 13.3 Å². The van der Waals surface area contributed by atoms with Gasteiger partial charge in [-0.2, -0.15) is 0 Å². The van der Waals surface area contributed by atoms with Crippen LogP contribution in [0.5, 0.6) is 0 Å². The first-order chi connectivity index (χ1) is 5.70. The predicted molar refractivity (Wildman–Crippen MR) is 43.2 cm³/mol. The van der Waals surface area contributed by atoms with Crippen LogP contribution in [0.15, 0.2) is 0 Å². The molecule has 4 nitrogen and oxygen atoms in total. The highest BCUT2D eigenvalue weighted by molar-refractivity contribution is 4.52. The van der Waals surface area contributed by atoms with Crippen molar-refractivity contribution in [2.24, 2.45) is 5.92 Å². The molecule has 0 saturated heterocycles. The molecule has 0 aromatic carbocycles. The quantitative estimate of drug-likeness (QED) is 0.530. The molecule has 0 fully saturated rings. The van der Waals surface area contributed by atoms with E-state index >= 15 is 0 Å². The third-order valence-corrected chi connectivity index (χ3v) is 1.49. The Morgan fingerprint density at radius 3 is 2.67 bits per heavy atom. The van der Waals surface area contributed by atoms with Crippen molar-refractivity contribution in [3.05, 3.63) is 0 Å². The van der Waals surface area contributed by atoms with Gasteiger partial charge in [0.05, 0.1) is 25.9 Å². The van der Waals surface area contributed by atoms with E-state index < -0.39 is 6.10 Å². The molecule has 0 saturated carbocycles. The van der Waals surface area contributed by atoms with Gasteiger partial charge in [-0.1, -0.05) is 6.92 Å². The van der Waals surface area contributed by atoms with Gasteiger partial charge in [0.15, 0.2) is 0 Å². The SMILES string of the molecule is CC(C[O])COCCC(O)CO. The van der Waals surface area contributed by atoms with Crippen molar-refractivity contribution >= 4 is 0 Å². The fourth-order valence-electron chi connectivity index (χ4n) is 0.643. The van der Waals surface area contributed by atoms with Crippen LogP contribution < -0.4 is 0 Å². The van der Waals surface area contributed by atoms with E-state index in [9.17, 15) is 5.11 Å². The summed E-state index contributed by atoms with van der Waals surface area (Å²) in [4.78, 5) is 0. The Balaban J connectivity index is 3.10. The molecule has 2 atom stereocenters. The van der Waals surface area contributed by atoms with E-state index in [0.29, 0.717) is 19.6 Å². The predicted octanol–water partition coefficient (Wildman–Crippen LogP) is -0.187. The molecule has 0 aliphatic carbocycles. The van der Waals surface area contributed by atoms with Crippen LogP contribution in [-0.2, 0) is 9.84 Å². The van der Waals surface area contributed by atoms with E-state index in [-0.39, 0.29) is 19.1 Å². The van der Waals surface area contributed by atoms with Crippen LogP contribution in [0.4, 0.5) is 0 Å². The monoisotopic (exact) mass is 177 g/mol. The molecular formula is C8H17O4. The minimum atomic E-state index is -0.701. The Morgan fingerprint density at radius 1 is 1.50 bits per heavy atom. The number of aliphatic hydroxyl groups is 2. The number of aliphatic hydroxyl groups excluding tert-OH is 2. The summed E-state index contributed by atoms with van der Waals surface area (Å²) in [5.74, 6) is 0.0243. The zero-order valence-corrected chi connectivity index (χ0v) is 7.40. The summed E-state index contributed by atoms with van der Waals surface area (Å²) in [6, 6.07) is 0. The molecule has 0 heterocycles. The molecule has 0 amide bonds. The average molecular weight is 177 g/mol. The highest BCUT2D eigenvalue weighted by Crippen LogP contribution is 1.96. The number of hydrogen-bond acceptors (Lipinski definition) is 3. The van der Waals surface area contributed by atoms with E-state index in [2.05, 4.69) is 0 Å². The second kappa shape index (κ2) is 7.49. The largest absolute Gasteiger partial charge is 0.394 e. The standard InChI is InChI=1S/C8H17O4/c1-7(4-9)6-12-3-2-8(11)5-10/h7-8,10-11H,2-6H2,1H3. The molecule has 0 aromatic heterocycles. The molecule has 2 N–H and O–H groups in total. The lowest BCUT2D eigenvalue weighted by molar-refractivity contribution is 0.0256.